The van der Waals surface area contributed by atoms with Gasteiger partial charge in [-0.2, -0.15) is 4.98 Å². The average Bonchev–Trinajstić information content (AvgIpc) is 3.24. The van der Waals surface area contributed by atoms with Gasteiger partial charge in [0, 0.05) is 12.2 Å². The number of benzene rings is 2. The van der Waals surface area contributed by atoms with E-state index in [9.17, 15) is 4.79 Å². The number of nitrogens with one attached hydrogen (secondary N) is 2. The number of fused-ring (bicyclic) bond motifs is 1. The largest absolute Gasteiger partial charge is 0.466 e. The van der Waals surface area contributed by atoms with Crippen LogP contribution >= 0.6 is 11.3 Å². The summed E-state index contributed by atoms with van der Waals surface area (Å²) in [5.74, 6) is 1.11. The molecule has 2 heterocycles. The second-order valence-corrected chi connectivity index (χ2v) is 7.59. The van der Waals surface area contributed by atoms with Gasteiger partial charge in [-0.1, -0.05) is 42.5 Å². The molecule has 0 aliphatic rings. The lowest BCUT2D eigenvalue weighted by Gasteiger charge is -2.11. The summed E-state index contributed by atoms with van der Waals surface area (Å²) < 4.78 is 6.00. The molecule has 7 heteroatoms. The molecule has 0 saturated carbocycles. The first kappa shape index (κ1) is 19.8. The van der Waals surface area contributed by atoms with Crippen LogP contribution in [-0.2, 0) is 22.5 Å². The second-order valence-electron chi connectivity index (χ2n) is 6.67. The van der Waals surface area contributed by atoms with Crippen LogP contribution in [0.5, 0.6) is 0 Å². The Labute approximate surface area is 179 Å². The van der Waals surface area contributed by atoms with Crippen molar-refractivity contribution in [1.29, 1.82) is 0 Å². The number of nitrogens with zero attached hydrogens (tertiary/aromatic N) is 2. The highest BCUT2D eigenvalue weighted by Gasteiger charge is 2.10. The van der Waals surface area contributed by atoms with Crippen LogP contribution in [0.15, 0.2) is 66.0 Å². The lowest BCUT2D eigenvalue weighted by atomic mass is 10.1. The van der Waals surface area contributed by atoms with E-state index in [1.807, 2.05) is 53.9 Å². The molecule has 0 aliphatic carbocycles. The monoisotopic (exact) mass is 418 g/mol. The minimum Gasteiger partial charge on any atom is -0.466 e. The molecule has 4 aromatic rings. The maximum absolute atomic E-state index is 11.6. The third-order valence-electron chi connectivity index (χ3n) is 4.47. The van der Waals surface area contributed by atoms with E-state index in [2.05, 4.69) is 32.7 Å². The summed E-state index contributed by atoms with van der Waals surface area (Å²) in [6.07, 6.45) is 0.268. The Morgan fingerprint density at radius 1 is 1.00 bits per heavy atom. The molecule has 0 aliphatic heterocycles. The first-order valence-corrected chi connectivity index (χ1v) is 10.6. The van der Waals surface area contributed by atoms with Gasteiger partial charge in [0.1, 0.15) is 0 Å². The van der Waals surface area contributed by atoms with E-state index in [-0.39, 0.29) is 12.4 Å². The highest BCUT2D eigenvalue weighted by molar-refractivity contribution is 7.17. The van der Waals surface area contributed by atoms with E-state index in [1.54, 1.807) is 18.3 Å². The third-order valence-corrected chi connectivity index (χ3v) is 5.38. The Balaban J connectivity index is 1.50. The fraction of sp³-hybridized carbons (Fsp3) is 0.174. The number of hydrogen-bond acceptors (Lipinski definition) is 7. The molecule has 0 amide bonds. The van der Waals surface area contributed by atoms with Crippen molar-refractivity contribution in [3.8, 4) is 0 Å². The van der Waals surface area contributed by atoms with Crippen molar-refractivity contribution in [1.82, 2.24) is 9.97 Å². The summed E-state index contributed by atoms with van der Waals surface area (Å²) in [7, 11) is 0. The predicted octanol–water partition coefficient (Wildman–Crippen LogP) is 5.15. The van der Waals surface area contributed by atoms with E-state index in [4.69, 9.17) is 4.74 Å². The highest BCUT2D eigenvalue weighted by Crippen LogP contribution is 2.29. The van der Waals surface area contributed by atoms with Crippen LogP contribution in [0.1, 0.15) is 18.1 Å². The zero-order valence-electron chi connectivity index (χ0n) is 16.6. The first-order valence-electron chi connectivity index (χ1n) is 9.76. The molecular weight excluding hydrogens is 396 g/mol. The van der Waals surface area contributed by atoms with Crippen molar-refractivity contribution in [2.45, 2.75) is 19.9 Å². The van der Waals surface area contributed by atoms with Crippen LogP contribution in [0.25, 0.3) is 10.2 Å². The van der Waals surface area contributed by atoms with Crippen molar-refractivity contribution in [2.75, 3.05) is 17.2 Å². The molecule has 4 rings (SSSR count). The zero-order chi connectivity index (χ0) is 20.8. The maximum atomic E-state index is 11.6. The average molecular weight is 419 g/mol. The fourth-order valence-corrected chi connectivity index (χ4v) is 3.80. The minimum atomic E-state index is -0.219. The van der Waals surface area contributed by atoms with Gasteiger partial charge in [-0.3, -0.25) is 4.79 Å². The Bertz CT molecular complexity index is 1130. The summed E-state index contributed by atoms with van der Waals surface area (Å²) in [6, 6.07) is 19.8. The number of hydrogen-bond donors (Lipinski definition) is 2. The van der Waals surface area contributed by atoms with Crippen LogP contribution in [-0.4, -0.2) is 22.5 Å². The third kappa shape index (κ3) is 4.93. The van der Waals surface area contributed by atoms with Crippen molar-refractivity contribution in [3.05, 3.63) is 77.2 Å². The van der Waals surface area contributed by atoms with Gasteiger partial charge in [0.15, 0.2) is 5.82 Å². The van der Waals surface area contributed by atoms with Crippen LogP contribution in [0.3, 0.4) is 0 Å². The van der Waals surface area contributed by atoms with E-state index in [0.29, 0.717) is 19.1 Å². The van der Waals surface area contributed by atoms with Gasteiger partial charge in [0.2, 0.25) is 5.95 Å². The molecular formula is C23H22N4O2S. The maximum Gasteiger partial charge on any atom is 0.310 e. The van der Waals surface area contributed by atoms with Gasteiger partial charge < -0.3 is 15.4 Å². The molecule has 0 bridgehead atoms. The van der Waals surface area contributed by atoms with Gasteiger partial charge in [-0.25, -0.2) is 4.98 Å². The van der Waals surface area contributed by atoms with Gasteiger partial charge in [-0.15, -0.1) is 11.3 Å². The number of esters is 1. The predicted molar refractivity (Wildman–Crippen MR) is 121 cm³/mol. The number of anilines is 3. The van der Waals surface area contributed by atoms with E-state index in [0.717, 1.165) is 27.3 Å². The first-order chi connectivity index (χ1) is 14.7. The summed E-state index contributed by atoms with van der Waals surface area (Å²) in [6.45, 7) is 2.85. The lowest BCUT2D eigenvalue weighted by Crippen LogP contribution is -2.07. The molecule has 6 nitrogen and oxygen atoms in total. The summed E-state index contributed by atoms with van der Waals surface area (Å²) >= 11 is 1.60. The standard InChI is InChI=1S/C23H22N4O2S/c1-2-29-20(28)14-16-8-10-18(11-9-16)25-22-21-19(12-13-30-21)26-23(27-22)24-15-17-6-4-3-5-7-17/h3-13H,2,14-15H2,1H3,(H2,24,25,26,27). The SMILES string of the molecule is CCOC(=O)Cc1ccc(Nc2nc(NCc3ccccc3)nc3ccsc23)cc1. The lowest BCUT2D eigenvalue weighted by molar-refractivity contribution is -0.142. The molecule has 0 radical (unpaired) electrons. The molecule has 0 saturated heterocycles. The zero-order valence-corrected chi connectivity index (χ0v) is 17.4. The minimum absolute atomic E-state index is 0.219. The number of carbonyl (C=O) groups is 1. The fourth-order valence-electron chi connectivity index (χ4n) is 3.03. The highest BCUT2D eigenvalue weighted by atomic mass is 32.1. The quantitative estimate of drug-likeness (QED) is 0.385. The molecule has 2 aromatic heterocycles. The normalized spacial score (nSPS) is 10.7. The van der Waals surface area contributed by atoms with E-state index < -0.39 is 0 Å². The molecule has 2 aromatic carbocycles. The number of rotatable bonds is 8. The molecule has 0 spiro atoms. The van der Waals surface area contributed by atoms with Crippen LogP contribution in [0, 0.1) is 0 Å². The summed E-state index contributed by atoms with van der Waals surface area (Å²) in [5, 5.41) is 8.69. The van der Waals surface area contributed by atoms with Crippen molar-refractivity contribution in [3.63, 3.8) is 0 Å². The Morgan fingerprint density at radius 3 is 2.57 bits per heavy atom. The van der Waals surface area contributed by atoms with Crippen molar-refractivity contribution < 1.29 is 9.53 Å². The smallest absolute Gasteiger partial charge is 0.310 e. The van der Waals surface area contributed by atoms with E-state index in [1.165, 1.54) is 5.56 Å². The molecule has 0 fully saturated rings. The Morgan fingerprint density at radius 2 is 1.80 bits per heavy atom. The van der Waals surface area contributed by atoms with Gasteiger partial charge in [0.25, 0.3) is 0 Å². The van der Waals surface area contributed by atoms with Gasteiger partial charge in [-0.05, 0) is 41.6 Å². The van der Waals surface area contributed by atoms with Crippen LogP contribution < -0.4 is 10.6 Å². The number of carbonyl (C=O) groups excluding carboxylic acids is 1. The Kier molecular flexibility index (Phi) is 6.20. The summed E-state index contributed by atoms with van der Waals surface area (Å²) in [5.41, 5.74) is 3.86. The molecule has 0 atom stereocenters. The molecule has 152 valence electrons. The second kappa shape index (κ2) is 9.37. The van der Waals surface area contributed by atoms with Crippen LogP contribution in [0.2, 0.25) is 0 Å². The van der Waals surface area contributed by atoms with Gasteiger partial charge >= 0.3 is 5.97 Å². The number of aromatic nitrogens is 2. The summed E-state index contributed by atoms with van der Waals surface area (Å²) in [4.78, 5) is 20.9. The molecule has 30 heavy (non-hydrogen) atoms. The van der Waals surface area contributed by atoms with Crippen molar-refractivity contribution >= 4 is 45.0 Å². The molecule has 0 unspecified atom stereocenters. The van der Waals surface area contributed by atoms with Crippen LogP contribution in [0.4, 0.5) is 17.5 Å². The number of ether oxygens (including phenoxy) is 1. The van der Waals surface area contributed by atoms with Gasteiger partial charge in [0.05, 0.1) is 23.2 Å². The Hall–Kier alpha value is -3.45. The number of thiophene rings is 1. The van der Waals surface area contributed by atoms with E-state index >= 15 is 0 Å². The topological polar surface area (TPSA) is 76.1 Å². The van der Waals surface area contributed by atoms with Crippen molar-refractivity contribution in [2.24, 2.45) is 0 Å². The molecule has 2 N–H and O–H groups in total.